The number of ether oxygens (including phenoxy) is 2. The average molecular weight is 541 g/mol. The summed E-state index contributed by atoms with van der Waals surface area (Å²) in [5, 5.41) is 3.80. The molecule has 1 N–H and O–H groups in total. The predicted octanol–water partition coefficient (Wildman–Crippen LogP) is 5.47. The Balaban J connectivity index is 1.61. The van der Waals surface area contributed by atoms with Crippen LogP contribution in [-0.4, -0.2) is 42.5 Å². The molecular formula is C29H30Cl2N2O4. The zero-order valence-electron chi connectivity index (χ0n) is 20.7. The molecule has 4 rings (SSSR count). The fraction of sp³-hybridized carbons (Fsp3) is 0.310. The minimum atomic E-state index is -0.734. The highest BCUT2D eigenvalue weighted by Crippen LogP contribution is 2.32. The Kier molecular flexibility index (Phi) is 9.31. The van der Waals surface area contributed by atoms with Gasteiger partial charge in [0.1, 0.15) is 19.3 Å². The third kappa shape index (κ3) is 6.96. The van der Waals surface area contributed by atoms with Gasteiger partial charge in [-0.25, -0.2) is 0 Å². The van der Waals surface area contributed by atoms with E-state index in [4.69, 9.17) is 32.7 Å². The Morgan fingerprint density at radius 2 is 1.62 bits per heavy atom. The van der Waals surface area contributed by atoms with Crippen LogP contribution < -0.4 is 14.8 Å². The Labute approximate surface area is 227 Å². The summed E-state index contributed by atoms with van der Waals surface area (Å²) in [6, 6.07) is 19.9. The summed E-state index contributed by atoms with van der Waals surface area (Å²) in [5.41, 5.74) is 2.51. The highest BCUT2D eigenvalue weighted by molar-refractivity contribution is 6.36. The Morgan fingerprint density at radius 3 is 2.32 bits per heavy atom. The van der Waals surface area contributed by atoms with Crippen LogP contribution in [0.1, 0.15) is 30.0 Å². The maximum absolute atomic E-state index is 13.8. The fourth-order valence-electron chi connectivity index (χ4n) is 4.34. The SMILES string of the molecule is CCNC(=O)C(Cc1ccccc1)N(Cc1c(Cl)cccc1Cl)C(=O)CCc1ccc2c(c1)OCCO2. The molecular weight excluding hydrogens is 511 g/mol. The summed E-state index contributed by atoms with van der Waals surface area (Å²) < 4.78 is 11.3. The molecule has 0 spiro atoms. The number of rotatable bonds is 10. The molecule has 0 radical (unpaired) electrons. The lowest BCUT2D eigenvalue weighted by Crippen LogP contribution is -2.50. The molecule has 0 saturated carbocycles. The molecule has 194 valence electrons. The van der Waals surface area contributed by atoms with Gasteiger partial charge in [-0.1, -0.05) is 65.7 Å². The van der Waals surface area contributed by atoms with Crippen LogP contribution >= 0.6 is 23.2 Å². The van der Waals surface area contributed by atoms with Gasteiger partial charge < -0.3 is 19.7 Å². The van der Waals surface area contributed by atoms with Crippen LogP contribution in [0, 0.1) is 0 Å². The zero-order valence-corrected chi connectivity index (χ0v) is 22.2. The summed E-state index contributed by atoms with van der Waals surface area (Å²) in [5.74, 6) is 0.996. The van der Waals surface area contributed by atoms with Gasteiger partial charge in [-0.3, -0.25) is 9.59 Å². The Morgan fingerprint density at radius 1 is 0.919 bits per heavy atom. The van der Waals surface area contributed by atoms with E-state index < -0.39 is 6.04 Å². The highest BCUT2D eigenvalue weighted by atomic mass is 35.5. The van der Waals surface area contributed by atoms with E-state index in [0.717, 1.165) is 11.1 Å². The average Bonchev–Trinajstić information content (AvgIpc) is 2.91. The number of likely N-dealkylation sites (N-methyl/N-ethyl adjacent to an activating group) is 1. The van der Waals surface area contributed by atoms with E-state index in [-0.39, 0.29) is 24.8 Å². The third-order valence-electron chi connectivity index (χ3n) is 6.25. The molecule has 0 saturated heterocycles. The highest BCUT2D eigenvalue weighted by Gasteiger charge is 2.31. The molecule has 1 heterocycles. The van der Waals surface area contributed by atoms with Crippen LogP contribution in [0.25, 0.3) is 0 Å². The third-order valence-corrected chi connectivity index (χ3v) is 6.95. The first-order chi connectivity index (χ1) is 18.0. The van der Waals surface area contributed by atoms with Gasteiger partial charge in [-0.2, -0.15) is 0 Å². The lowest BCUT2D eigenvalue weighted by molar-refractivity contribution is -0.141. The van der Waals surface area contributed by atoms with Gasteiger partial charge in [0.15, 0.2) is 11.5 Å². The summed E-state index contributed by atoms with van der Waals surface area (Å²) in [7, 11) is 0. The molecule has 1 unspecified atom stereocenters. The van der Waals surface area contributed by atoms with Gasteiger partial charge in [0.05, 0.1) is 0 Å². The van der Waals surface area contributed by atoms with E-state index in [1.165, 1.54) is 0 Å². The second kappa shape index (κ2) is 12.8. The van der Waals surface area contributed by atoms with Crippen molar-refractivity contribution in [3.05, 3.63) is 93.5 Å². The first kappa shape index (κ1) is 26.8. The molecule has 3 aromatic carbocycles. The van der Waals surface area contributed by atoms with Crippen molar-refractivity contribution in [2.24, 2.45) is 0 Å². The van der Waals surface area contributed by atoms with Crippen LogP contribution in [0.15, 0.2) is 66.7 Å². The number of halogens is 2. The quantitative estimate of drug-likeness (QED) is 0.370. The summed E-state index contributed by atoms with van der Waals surface area (Å²) in [6.07, 6.45) is 1.05. The smallest absolute Gasteiger partial charge is 0.243 e. The molecule has 3 aromatic rings. The molecule has 0 aliphatic carbocycles. The molecule has 2 amide bonds. The number of hydrogen-bond acceptors (Lipinski definition) is 4. The molecule has 0 fully saturated rings. The van der Waals surface area contributed by atoms with Crippen LogP contribution in [0.4, 0.5) is 0 Å². The molecule has 0 bridgehead atoms. The van der Waals surface area contributed by atoms with E-state index >= 15 is 0 Å². The van der Waals surface area contributed by atoms with Crippen molar-refractivity contribution in [2.75, 3.05) is 19.8 Å². The van der Waals surface area contributed by atoms with E-state index in [2.05, 4.69) is 5.32 Å². The fourth-order valence-corrected chi connectivity index (χ4v) is 4.85. The van der Waals surface area contributed by atoms with Crippen LogP contribution in [0.2, 0.25) is 10.0 Å². The van der Waals surface area contributed by atoms with E-state index in [9.17, 15) is 9.59 Å². The van der Waals surface area contributed by atoms with Crippen molar-refractivity contribution in [3.8, 4) is 11.5 Å². The van der Waals surface area contributed by atoms with E-state index in [1.54, 1.807) is 23.1 Å². The molecule has 0 aromatic heterocycles. The van der Waals surface area contributed by atoms with Crippen molar-refractivity contribution in [3.63, 3.8) is 0 Å². The van der Waals surface area contributed by atoms with Gasteiger partial charge in [-0.15, -0.1) is 0 Å². The van der Waals surface area contributed by atoms with Crippen molar-refractivity contribution in [1.82, 2.24) is 10.2 Å². The second-order valence-corrected chi connectivity index (χ2v) is 9.61. The van der Waals surface area contributed by atoms with Gasteiger partial charge in [0.2, 0.25) is 11.8 Å². The number of aryl methyl sites for hydroxylation is 1. The molecule has 8 heteroatoms. The number of carbonyl (C=O) groups excluding carboxylic acids is 2. The van der Waals surface area contributed by atoms with Crippen molar-refractivity contribution >= 4 is 35.0 Å². The number of fused-ring (bicyclic) bond motifs is 1. The molecule has 6 nitrogen and oxygen atoms in total. The van der Waals surface area contributed by atoms with Gasteiger partial charge in [0.25, 0.3) is 0 Å². The number of hydrogen-bond donors (Lipinski definition) is 1. The number of benzene rings is 3. The van der Waals surface area contributed by atoms with Gasteiger partial charge in [-0.05, 0) is 48.7 Å². The second-order valence-electron chi connectivity index (χ2n) is 8.80. The number of nitrogens with one attached hydrogen (secondary N) is 1. The molecule has 1 aliphatic rings. The van der Waals surface area contributed by atoms with Crippen LogP contribution in [0.3, 0.4) is 0 Å². The standard InChI is InChI=1S/C29H30Cl2N2O4/c1-2-32-29(35)25(17-20-7-4-3-5-8-20)33(19-22-23(30)9-6-10-24(22)31)28(34)14-12-21-11-13-26-27(18-21)37-16-15-36-26/h3-11,13,18,25H,2,12,14-17,19H2,1H3,(H,32,35). The van der Waals surface area contributed by atoms with Crippen LogP contribution in [-0.2, 0) is 29.0 Å². The predicted molar refractivity (Wildman–Crippen MR) is 145 cm³/mol. The molecule has 37 heavy (non-hydrogen) atoms. The van der Waals surface area contributed by atoms with Gasteiger partial charge in [0, 0.05) is 41.5 Å². The lowest BCUT2D eigenvalue weighted by atomic mass is 10.0. The van der Waals surface area contributed by atoms with Gasteiger partial charge >= 0.3 is 0 Å². The topological polar surface area (TPSA) is 67.9 Å². The number of carbonyl (C=O) groups is 2. The summed E-state index contributed by atoms with van der Waals surface area (Å²) in [6.45, 7) is 3.45. The van der Waals surface area contributed by atoms with Crippen molar-refractivity contribution in [1.29, 1.82) is 0 Å². The maximum Gasteiger partial charge on any atom is 0.243 e. The lowest BCUT2D eigenvalue weighted by Gasteiger charge is -2.32. The monoisotopic (exact) mass is 540 g/mol. The van der Waals surface area contributed by atoms with E-state index in [1.807, 2.05) is 55.5 Å². The zero-order chi connectivity index (χ0) is 26.2. The van der Waals surface area contributed by atoms with Crippen molar-refractivity contribution in [2.45, 2.75) is 38.8 Å². The minimum Gasteiger partial charge on any atom is -0.486 e. The number of nitrogens with zero attached hydrogens (tertiary/aromatic N) is 1. The first-order valence-electron chi connectivity index (χ1n) is 12.4. The minimum absolute atomic E-state index is 0.118. The largest absolute Gasteiger partial charge is 0.486 e. The molecule has 1 aliphatic heterocycles. The molecule has 1 atom stereocenters. The Bertz CT molecular complexity index is 1220. The van der Waals surface area contributed by atoms with Crippen molar-refractivity contribution < 1.29 is 19.1 Å². The number of amides is 2. The Hall–Kier alpha value is -3.22. The maximum atomic E-state index is 13.8. The van der Waals surface area contributed by atoms with E-state index in [0.29, 0.717) is 59.7 Å². The summed E-state index contributed by atoms with van der Waals surface area (Å²) >= 11 is 13.0. The summed E-state index contributed by atoms with van der Waals surface area (Å²) in [4.78, 5) is 28.7. The first-order valence-corrected chi connectivity index (χ1v) is 13.1. The van der Waals surface area contributed by atoms with Crippen LogP contribution in [0.5, 0.6) is 11.5 Å². The normalized spacial score (nSPS) is 13.1.